The molecule has 9 heteroatoms. The number of aromatic nitrogens is 3. The number of benzene rings is 2. The van der Waals surface area contributed by atoms with Crippen molar-refractivity contribution in [2.24, 2.45) is 0 Å². The summed E-state index contributed by atoms with van der Waals surface area (Å²) in [5.74, 6) is -1.08. The maximum Gasteiger partial charge on any atom is 0.347 e. The lowest BCUT2D eigenvalue weighted by Gasteiger charge is -2.10. The van der Waals surface area contributed by atoms with Crippen molar-refractivity contribution in [1.82, 2.24) is 14.3 Å². The van der Waals surface area contributed by atoms with Gasteiger partial charge in [0, 0.05) is 5.02 Å². The van der Waals surface area contributed by atoms with Gasteiger partial charge in [-0.25, -0.2) is 14.0 Å². The van der Waals surface area contributed by atoms with Crippen molar-refractivity contribution in [3.8, 4) is 17.1 Å². The van der Waals surface area contributed by atoms with Crippen LogP contribution in [0.4, 0.5) is 4.39 Å². The third-order valence-corrected chi connectivity index (χ3v) is 4.48. The lowest BCUT2D eigenvalue weighted by molar-refractivity contribution is -0.140. The molecular formula is C19H17ClFN3O4. The predicted molar refractivity (Wildman–Crippen MR) is 101 cm³/mol. The maximum atomic E-state index is 13.6. The molecule has 28 heavy (non-hydrogen) atoms. The summed E-state index contributed by atoms with van der Waals surface area (Å²) in [6, 6.07) is 9.40. The molecule has 0 spiro atoms. The molecule has 3 aromatic rings. The fourth-order valence-electron chi connectivity index (χ4n) is 2.78. The van der Waals surface area contributed by atoms with Gasteiger partial charge in [-0.05, 0) is 42.8 Å². The van der Waals surface area contributed by atoms with Gasteiger partial charge in [0.2, 0.25) is 0 Å². The Bertz CT molecular complexity index is 1090. The number of carbonyl (C=O) groups is 1. The van der Waals surface area contributed by atoms with Crippen LogP contribution in [-0.2, 0) is 11.3 Å². The summed E-state index contributed by atoms with van der Waals surface area (Å²) in [5, 5.41) is 13.9. The van der Waals surface area contributed by atoms with E-state index in [-0.39, 0.29) is 12.4 Å². The van der Waals surface area contributed by atoms with Crippen LogP contribution < -0.4 is 10.4 Å². The second kappa shape index (κ2) is 7.85. The van der Waals surface area contributed by atoms with E-state index in [1.807, 2.05) is 0 Å². The van der Waals surface area contributed by atoms with Crippen molar-refractivity contribution in [3.63, 3.8) is 0 Å². The first-order valence-corrected chi connectivity index (χ1v) is 8.70. The van der Waals surface area contributed by atoms with Crippen LogP contribution in [0, 0.1) is 5.82 Å². The molecule has 0 aliphatic carbocycles. The molecule has 2 aromatic carbocycles. The molecule has 0 radical (unpaired) electrons. The van der Waals surface area contributed by atoms with E-state index in [1.54, 1.807) is 24.3 Å². The number of carboxylic acids is 1. The van der Waals surface area contributed by atoms with Crippen molar-refractivity contribution in [2.75, 3.05) is 7.11 Å². The van der Waals surface area contributed by atoms with Gasteiger partial charge in [-0.2, -0.15) is 4.68 Å². The van der Waals surface area contributed by atoms with Gasteiger partial charge >= 0.3 is 11.7 Å². The number of hydrogen-bond donors (Lipinski definition) is 1. The van der Waals surface area contributed by atoms with E-state index in [9.17, 15) is 19.1 Å². The third kappa shape index (κ3) is 3.77. The zero-order chi connectivity index (χ0) is 20.4. The molecule has 3 rings (SSSR count). The minimum absolute atomic E-state index is 0.00401. The first-order chi connectivity index (χ1) is 13.3. The second-order valence-electron chi connectivity index (χ2n) is 6.13. The van der Waals surface area contributed by atoms with Crippen LogP contribution in [0.3, 0.4) is 0 Å². The average Bonchev–Trinajstić information content (AvgIpc) is 2.97. The number of nitrogens with zero attached hydrogens (tertiary/aromatic N) is 3. The van der Waals surface area contributed by atoms with E-state index < -0.39 is 23.5 Å². The summed E-state index contributed by atoms with van der Waals surface area (Å²) in [6.07, 6.45) is 0. The highest BCUT2D eigenvalue weighted by Gasteiger charge is 2.24. The number of methoxy groups -OCH3 is 1. The molecule has 146 valence electrons. The quantitative estimate of drug-likeness (QED) is 0.680. The molecule has 1 atom stereocenters. The Kier molecular flexibility index (Phi) is 5.51. The molecule has 0 fully saturated rings. The van der Waals surface area contributed by atoms with Gasteiger partial charge in [-0.1, -0.05) is 23.7 Å². The van der Waals surface area contributed by atoms with Crippen LogP contribution in [0.25, 0.3) is 11.4 Å². The van der Waals surface area contributed by atoms with Gasteiger partial charge < -0.3 is 9.84 Å². The first kappa shape index (κ1) is 19.6. The number of ether oxygens (including phenoxy) is 1. The summed E-state index contributed by atoms with van der Waals surface area (Å²) >= 11 is 6.00. The van der Waals surface area contributed by atoms with Crippen molar-refractivity contribution in [1.29, 1.82) is 0 Å². The van der Waals surface area contributed by atoms with Gasteiger partial charge in [0.05, 0.1) is 19.2 Å². The van der Waals surface area contributed by atoms with E-state index in [1.165, 1.54) is 36.8 Å². The minimum Gasteiger partial charge on any atom is -0.496 e. The molecule has 0 saturated heterocycles. The van der Waals surface area contributed by atoms with Gasteiger partial charge in [0.25, 0.3) is 0 Å². The Morgan fingerprint density at radius 3 is 2.71 bits per heavy atom. The van der Waals surface area contributed by atoms with Crippen molar-refractivity contribution in [2.45, 2.75) is 19.5 Å². The zero-order valence-corrected chi connectivity index (χ0v) is 15.9. The first-order valence-electron chi connectivity index (χ1n) is 8.32. The molecule has 7 nitrogen and oxygen atoms in total. The standard InChI is InChI=1S/C19H17ClFN3O4/c1-11(18(25)26)24-19(27)23(10-12-4-3-5-14(21)8-12)17(22-24)15-7-6-13(20)9-16(15)28-2/h3-9,11H,10H2,1-2H3,(H,25,26). The Balaban J connectivity index is 2.22. The van der Waals surface area contributed by atoms with Gasteiger partial charge in [-0.3, -0.25) is 4.57 Å². The molecule has 1 heterocycles. The van der Waals surface area contributed by atoms with Crippen molar-refractivity contribution in [3.05, 3.63) is 69.4 Å². The third-order valence-electron chi connectivity index (χ3n) is 4.24. The molecule has 0 saturated carbocycles. The lowest BCUT2D eigenvalue weighted by atomic mass is 10.1. The van der Waals surface area contributed by atoms with Crippen molar-refractivity contribution >= 4 is 17.6 Å². The van der Waals surface area contributed by atoms with E-state index in [0.717, 1.165) is 4.68 Å². The predicted octanol–water partition coefficient (Wildman–Crippen LogP) is 3.21. The highest BCUT2D eigenvalue weighted by Crippen LogP contribution is 2.31. The Morgan fingerprint density at radius 1 is 1.32 bits per heavy atom. The van der Waals surface area contributed by atoms with Crippen LogP contribution in [0.1, 0.15) is 18.5 Å². The molecule has 0 bridgehead atoms. The summed E-state index contributed by atoms with van der Waals surface area (Å²) in [6.45, 7) is 1.36. The minimum atomic E-state index is -1.20. The molecule has 1 unspecified atom stereocenters. The molecule has 1 N–H and O–H groups in total. The van der Waals surface area contributed by atoms with E-state index >= 15 is 0 Å². The SMILES string of the molecule is COc1cc(Cl)ccc1-c1nn(C(C)C(=O)O)c(=O)n1Cc1cccc(F)c1. The van der Waals surface area contributed by atoms with Crippen LogP contribution >= 0.6 is 11.6 Å². The molecule has 1 aromatic heterocycles. The highest BCUT2D eigenvalue weighted by molar-refractivity contribution is 6.30. The number of hydrogen-bond acceptors (Lipinski definition) is 4. The number of halogens is 2. The summed E-state index contributed by atoms with van der Waals surface area (Å²) < 4.78 is 21.1. The fourth-order valence-corrected chi connectivity index (χ4v) is 2.94. The summed E-state index contributed by atoms with van der Waals surface area (Å²) in [7, 11) is 1.45. The lowest BCUT2D eigenvalue weighted by Crippen LogP contribution is -2.31. The smallest absolute Gasteiger partial charge is 0.347 e. The molecule has 0 amide bonds. The second-order valence-corrected chi connectivity index (χ2v) is 6.56. The Hall–Kier alpha value is -3.13. The Labute approximate surface area is 164 Å². The van der Waals surface area contributed by atoms with E-state index in [2.05, 4.69) is 5.10 Å². The van der Waals surface area contributed by atoms with Crippen LogP contribution in [0.15, 0.2) is 47.3 Å². The van der Waals surface area contributed by atoms with E-state index in [4.69, 9.17) is 16.3 Å². The number of carboxylic acid groups (broad SMARTS) is 1. The molecule has 0 aliphatic rings. The summed E-state index contributed by atoms with van der Waals surface area (Å²) in [4.78, 5) is 24.3. The zero-order valence-electron chi connectivity index (χ0n) is 15.1. The van der Waals surface area contributed by atoms with Crippen LogP contribution in [0.5, 0.6) is 5.75 Å². The average molecular weight is 406 g/mol. The largest absolute Gasteiger partial charge is 0.496 e. The topological polar surface area (TPSA) is 86.4 Å². The van der Waals surface area contributed by atoms with Gasteiger partial charge in [0.15, 0.2) is 11.9 Å². The summed E-state index contributed by atoms with van der Waals surface area (Å²) in [5.41, 5.74) is 0.349. The van der Waals surface area contributed by atoms with Crippen LogP contribution in [-0.4, -0.2) is 32.5 Å². The number of aliphatic carboxylic acids is 1. The monoisotopic (exact) mass is 405 g/mol. The Morgan fingerprint density at radius 2 is 2.07 bits per heavy atom. The van der Waals surface area contributed by atoms with Crippen LogP contribution in [0.2, 0.25) is 5.02 Å². The maximum absolute atomic E-state index is 13.6. The fraction of sp³-hybridized carbons (Fsp3) is 0.211. The van der Waals surface area contributed by atoms with Gasteiger partial charge in [0.1, 0.15) is 11.6 Å². The normalized spacial score (nSPS) is 12.0. The molecular weight excluding hydrogens is 389 g/mol. The van der Waals surface area contributed by atoms with Crippen molar-refractivity contribution < 1.29 is 19.0 Å². The highest BCUT2D eigenvalue weighted by atomic mass is 35.5. The van der Waals surface area contributed by atoms with Gasteiger partial charge in [-0.15, -0.1) is 5.10 Å². The molecule has 0 aliphatic heterocycles. The number of rotatable bonds is 6. The van der Waals surface area contributed by atoms with E-state index in [0.29, 0.717) is 21.9 Å².